The molecule has 0 saturated carbocycles. The summed E-state index contributed by atoms with van der Waals surface area (Å²) in [6, 6.07) is 19.0. The predicted octanol–water partition coefficient (Wildman–Crippen LogP) is 4.94. The van der Waals surface area contributed by atoms with Crippen LogP contribution in [0.5, 0.6) is 11.5 Å². The van der Waals surface area contributed by atoms with Gasteiger partial charge < -0.3 is 24.5 Å². The van der Waals surface area contributed by atoms with Gasteiger partial charge in [-0.1, -0.05) is 18.2 Å². The van der Waals surface area contributed by atoms with E-state index >= 15 is 0 Å². The molecule has 8 heteroatoms. The van der Waals surface area contributed by atoms with E-state index in [1.54, 1.807) is 74.9 Å². The second-order valence-electron chi connectivity index (χ2n) is 8.14. The first-order valence-corrected chi connectivity index (χ1v) is 11.3. The minimum atomic E-state index is -0.487. The molecule has 1 heterocycles. The summed E-state index contributed by atoms with van der Waals surface area (Å²) in [6.45, 7) is 1.83. The fourth-order valence-corrected chi connectivity index (χ4v) is 3.93. The van der Waals surface area contributed by atoms with E-state index < -0.39 is 5.63 Å². The molecule has 8 nitrogen and oxygen atoms in total. The highest BCUT2D eigenvalue weighted by Crippen LogP contribution is 2.25. The number of benzene rings is 3. The Morgan fingerprint density at radius 1 is 0.889 bits per heavy atom. The summed E-state index contributed by atoms with van der Waals surface area (Å²) in [5.74, 6) is 0.499. The quantitative estimate of drug-likeness (QED) is 0.342. The van der Waals surface area contributed by atoms with E-state index in [4.69, 9.17) is 13.9 Å². The number of rotatable bonds is 8. The number of hydrogen-bond acceptors (Lipinski definition) is 6. The average molecular weight is 487 g/mol. The molecule has 0 spiro atoms. The van der Waals surface area contributed by atoms with Crippen LogP contribution in [0, 0.1) is 6.92 Å². The minimum Gasteiger partial charge on any atom is -0.497 e. The molecule has 0 saturated heterocycles. The van der Waals surface area contributed by atoms with Gasteiger partial charge in [-0.25, -0.2) is 4.79 Å². The first kappa shape index (κ1) is 24.5. The Morgan fingerprint density at radius 3 is 2.42 bits per heavy atom. The second-order valence-corrected chi connectivity index (χ2v) is 8.14. The molecule has 0 fully saturated rings. The van der Waals surface area contributed by atoms with Gasteiger partial charge in [0, 0.05) is 35.2 Å². The molecule has 0 radical (unpaired) electrons. The summed E-state index contributed by atoms with van der Waals surface area (Å²) < 4.78 is 15.8. The maximum absolute atomic E-state index is 12.9. The Morgan fingerprint density at radius 2 is 1.64 bits per heavy atom. The largest absolute Gasteiger partial charge is 0.497 e. The second kappa shape index (κ2) is 10.8. The van der Waals surface area contributed by atoms with Gasteiger partial charge >= 0.3 is 5.63 Å². The number of para-hydroxylation sites is 1. The SMILES string of the molecule is COc1cccc(NC(=O)c2ccccc2NC(=O)CCc2c(C)c3ccc(OC)cc3oc2=O)c1. The summed E-state index contributed by atoms with van der Waals surface area (Å²) >= 11 is 0. The Labute approximate surface area is 207 Å². The van der Waals surface area contributed by atoms with Crippen molar-refractivity contribution in [2.45, 2.75) is 19.8 Å². The van der Waals surface area contributed by atoms with Gasteiger partial charge in [-0.15, -0.1) is 0 Å². The average Bonchev–Trinajstić information content (AvgIpc) is 2.88. The smallest absolute Gasteiger partial charge is 0.339 e. The van der Waals surface area contributed by atoms with Crippen LogP contribution in [0.25, 0.3) is 11.0 Å². The number of carbonyl (C=O) groups is 2. The van der Waals surface area contributed by atoms with Gasteiger partial charge in [-0.05, 0) is 55.3 Å². The van der Waals surface area contributed by atoms with E-state index in [2.05, 4.69) is 10.6 Å². The zero-order valence-electron chi connectivity index (χ0n) is 20.2. The Bertz CT molecular complexity index is 1490. The standard InChI is InChI=1S/C28H26N2O6/c1-17-21-12-11-20(35-3)16-25(21)36-28(33)22(17)13-14-26(31)30-24-10-5-4-9-23(24)27(32)29-18-7-6-8-19(15-18)34-2/h4-12,15-16H,13-14H2,1-3H3,(H,29,32)(H,30,31). The van der Waals surface area contributed by atoms with Crippen molar-refractivity contribution in [1.29, 1.82) is 0 Å². The van der Waals surface area contributed by atoms with Crippen LogP contribution in [0.2, 0.25) is 0 Å². The lowest BCUT2D eigenvalue weighted by atomic mass is 10.0. The number of aryl methyl sites for hydroxylation is 1. The Balaban J connectivity index is 1.47. The summed E-state index contributed by atoms with van der Waals surface area (Å²) in [6.07, 6.45) is 0.235. The number of amides is 2. The van der Waals surface area contributed by atoms with Crippen molar-refractivity contribution in [3.8, 4) is 11.5 Å². The molecule has 4 aromatic rings. The Kier molecular flexibility index (Phi) is 7.34. The lowest BCUT2D eigenvalue weighted by molar-refractivity contribution is -0.116. The van der Waals surface area contributed by atoms with Crippen LogP contribution >= 0.6 is 0 Å². The van der Waals surface area contributed by atoms with Gasteiger partial charge in [0.25, 0.3) is 5.91 Å². The number of ether oxygens (including phenoxy) is 2. The predicted molar refractivity (Wildman–Crippen MR) is 138 cm³/mol. The van der Waals surface area contributed by atoms with Crippen LogP contribution in [0.4, 0.5) is 11.4 Å². The summed E-state index contributed by atoms with van der Waals surface area (Å²) in [4.78, 5) is 38.2. The lowest BCUT2D eigenvalue weighted by Crippen LogP contribution is -2.19. The number of nitrogens with one attached hydrogen (secondary N) is 2. The van der Waals surface area contributed by atoms with Crippen LogP contribution in [0.15, 0.2) is 75.9 Å². The van der Waals surface area contributed by atoms with E-state index in [9.17, 15) is 14.4 Å². The number of anilines is 2. The minimum absolute atomic E-state index is 0.0408. The van der Waals surface area contributed by atoms with Gasteiger partial charge in [-0.3, -0.25) is 9.59 Å². The number of fused-ring (bicyclic) bond motifs is 1. The molecule has 184 valence electrons. The molecule has 0 aliphatic heterocycles. The van der Waals surface area contributed by atoms with Crippen molar-refractivity contribution < 1.29 is 23.5 Å². The first-order chi connectivity index (χ1) is 17.4. The molecule has 1 aromatic heterocycles. The van der Waals surface area contributed by atoms with Gasteiger partial charge in [0.15, 0.2) is 0 Å². The molecule has 0 bridgehead atoms. The van der Waals surface area contributed by atoms with Crippen LogP contribution in [-0.4, -0.2) is 26.0 Å². The van der Waals surface area contributed by atoms with E-state index in [1.807, 2.05) is 13.0 Å². The van der Waals surface area contributed by atoms with Crippen LogP contribution in [-0.2, 0) is 11.2 Å². The zero-order valence-corrected chi connectivity index (χ0v) is 20.2. The van der Waals surface area contributed by atoms with E-state index in [-0.39, 0.29) is 24.7 Å². The van der Waals surface area contributed by atoms with Crippen LogP contribution in [0.1, 0.15) is 27.9 Å². The van der Waals surface area contributed by atoms with Crippen molar-refractivity contribution in [3.63, 3.8) is 0 Å². The highest BCUT2D eigenvalue weighted by atomic mass is 16.5. The van der Waals surface area contributed by atoms with E-state index in [1.165, 1.54) is 0 Å². The molecule has 2 amide bonds. The molecule has 0 unspecified atom stereocenters. The fraction of sp³-hybridized carbons (Fsp3) is 0.179. The fourth-order valence-electron chi connectivity index (χ4n) is 3.93. The van der Waals surface area contributed by atoms with Gasteiger partial charge in [0.05, 0.1) is 25.5 Å². The maximum atomic E-state index is 12.9. The lowest BCUT2D eigenvalue weighted by Gasteiger charge is -2.12. The Hall–Kier alpha value is -4.59. The van der Waals surface area contributed by atoms with Crippen molar-refractivity contribution >= 4 is 34.2 Å². The first-order valence-electron chi connectivity index (χ1n) is 11.3. The highest BCUT2D eigenvalue weighted by molar-refractivity contribution is 6.10. The topological polar surface area (TPSA) is 107 Å². The van der Waals surface area contributed by atoms with Crippen molar-refractivity contribution in [2.75, 3.05) is 24.9 Å². The molecule has 0 atom stereocenters. The van der Waals surface area contributed by atoms with Crippen molar-refractivity contribution in [3.05, 3.63) is 93.8 Å². The van der Waals surface area contributed by atoms with Crippen molar-refractivity contribution in [1.82, 2.24) is 0 Å². The van der Waals surface area contributed by atoms with Crippen molar-refractivity contribution in [2.24, 2.45) is 0 Å². The normalized spacial score (nSPS) is 10.6. The monoisotopic (exact) mass is 486 g/mol. The van der Waals surface area contributed by atoms with E-state index in [0.29, 0.717) is 39.6 Å². The van der Waals surface area contributed by atoms with Gasteiger partial charge in [0.2, 0.25) is 5.91 Å². The van der Waals surface area contributed by atoms with Gasteiger partial charge in [0.1, 0.15) is 17.1 Å². The molecular weight excluding hydrogens is 460 g/mol. The molecule has 36 heavy (non-hydrogen) atoms. The highest BCUT2D eigenvalue weighted by Gasteiger charge is 2.16. The molecule has 3 aromatic carbocycles. The van der Waals surface area contributed by atoms with Crippen LogP contribution < -0.4 is 25.7 Å². The third-order valence-corrected chi connectivity index (χ3v) is 5.87. The molecular formula is C28H26N2O6. The van der Waals surface area contributed by atoms with E-state index in [0.717, 1.165) is 10.9 Å². The maximum Gasteiger partial charge on any atom is 0.339 e. The molecule has 0 aliphatic carbocycles. The third-order valence-electron chi connectivity index (χ3n) is 5.87. The third kappa shape index (κ3) is 5.38. The number of methoxy groups -OCH3 is 2. The zero-order chi connectivity index (χ0) is 25.7. The molecule has 0 aliphatic rings. The summed E-state index contributed by atoms with van der Waals surface area (Å²) in [7, 11) is 3.09. The summed E-state index contributed by atoms with van der Waals surface area (Å²) in [5.41, 5.74) is 2.39. The summed E-state index contributed by atoms with van der Waals surface area (Å²) in [5, 5.41) is 6.38. The molecule has 4 rings (SSSR count). The molecule has 2 N–H and O–H groups in total. The number of hydrogen-bond donors (Lipinski definition) is 2. The number of carbonyl (C=O) groups excluding carboxylic acids is 2. The van der Waals surface area contributed by atoms with Gasteiger partial charge in [-0.2, -0.15) is 0 Å². The van der Waals surface area contributed by atoms with Crippen LogP contribution in [0.3, 0.4) is 0 Å².